The van der Waals surface area contributed by atoms with Gasteiger partial charge in [-0.05, 0) is 37.6 Å². The Labute approximate surface area is 107 Å². The fraction of sp³-hybridized carbons (Fsp3) is 0.500. The van der Waals surface area contributed by atoms with E-state index < -0.39 is 5.97 Å². The van der Waals surface area contributed by atoms with Crippen LogP contribution in [0.15, 0.2) is 24.3 Å². The molecule has 0 radical (unpaired) electrons. The Morgan fingerprint density at radius 2 is 2.00 bits per heavy atom. The van der Waals surface area contributed by atoms with Crippen LogP contribution >= 0.6 is 0 Å². The second-order valence-corrected chi connectivity index (χ2v) is 4.90. The van der Waals surface area contributed by atoms with Gasteiger partial charge in [-0.15, -0.1) is 0 Å². The third-order valence-electron chi connectivity index (χ3n) is 3.66. The molecule has 4 nitrogen and oxygen atoms in total. The first-order valence-electron chi connectivity index (χ1n) is 6.15. The summed E-state index contributed by atoms with van der Waals surface area (Å²) in [4.78, 5) is 13.0. The highest BCUT2D eigenvalue weighted by Crippen LogP contribution is 2.27. The van der Waals surface area contributed by atoms with Crippen molar-refractivity contribution in [3.63, 3.8) is 0 Å². The van der Waals surface area contributed by atoms with Gasteiger partial charge in [0.25, 0.3) is 0 Å². The van der Waals surface area contributed by atoms with Gasteiger partial charge in [-0.2, -0.15) is 0 Å². The summed E-state index contributed by atoms with van der Waals surface area (Å²) >= 11 is 0. The molecule has 0 aliphatic heterocycles. The zero-order valence-corrected chi connectivity index (χ0v) is 10.8. The van der Waals surface area contributed by atoms with E-state index in [-0.39, 0.29) is 0 Å². The number of rotatable bonds is 5. The number of hydrogen-bond acceptors (Lipinski definition) is 3. The van der Waals surface area contributed by atoms with Crippen molar-refractivity contribution in [1.82, 2.24) is 4.90 Å². The Kier molecular flexibility index (Phi) is 3.99. The molecular formula is C14H19NO3. The lowest BCUT2D eigenvalue weighted by atomic mass is 9.88. The smallest absolute Gasteiger partial charge is 0.335 e. The zero-order chi connectivity index (χ0) is 13.1. The van der Waals surface area contributed by atoms with Crippen LogP contribution in [0.2, 0.25) is 0 Å². The lowest BCUT2D eigenvalue weighted by Gasteiger charge is -2.40. The van der Waals surface area contributed by atoms with E-state index in [1.54, 1.807) is 19.2 Å². The highest BCUT2D eigenvalue weighted by Gasteiger charge is 2.31. The Hall–Kier alpha value is -1.39. The van der Waals surface area contributed by atoms with Crippen molar-refractivity contribution in [3.8, 4) is 0 Å². The molecule has 1 N–H and O–H groups in total. The molecule has 4 heteroatoms. The first-order chi connectivity index (χ1) is 8.60. The molecule has 98 valence electrons. The van der Waals surface area contributed by atoms with Crippen LogP contribution in [0.5, 0.6) is 0 Å². The van der Waals surface area contributed by atoms with Crippen LogP contribution in [-0.4, -0.2) is 42.3 Å². The predicted molar refractivity (Wildman–Crippen MR) is 68.7 cm³/mol. The number of aromatic carboxylic acids is 1. The second-order valence-electron chi connectivity index (χ2n) is 4.90. The zero-order valence-electron chi connectivity index (χ0n) is 10.8. The molecule has 0 bridgehead atoms. The van der Waals surface area contributed by atoms with Crippen molar-refractivity contribution in [3.05, 3.63) is 35.4 Å². The van der Waals surface area contributed by atoms with E-state index in [9.17, 15) is 4.79 Å². The average molecular weight is 249 g/mol. The maximum absolute atomic E-state index is 10.7. The molecule has 0 spiro atoms. The molecule has 2 rings (SSSR count). The molecule has 1 fully saturated rings. The molecule has 0 unspecified atom stereocenters. The monoisotopic (exact) mass is 249 g/mol. The number of ether oxygens (including phenoxy) is 1. The summed E-state index contributed by atoms with van der Waals surface area (Å²) in [6, 6.07) is 7.65. The van der Waals surface area contributed by atoms with Crippen LogP contribution in [0, 0.1) is 0 Å². The topological polar surface area (TPSA) is 49.8 Å². The van der Waals surface area contributed by atoms with Crippen LogP contribution in [-0.2, 0) is 11.3 Å². The maximum Gasteiger partial charge on any atom is 0.335 e. The van der Waals surface area contributed by atoms with Gasteiger partial charge in [-0.3, -0.25) is 4.90 Å². The van der Waals surface area contributed by atoms with E-state index in [4.69, 9.17) is 9.84 Å². The molecule has 0 saturated heterocycles. The summed E-state index contributed by atoms with van der Waals surface area (Å²) in [5, 5.41) is 8.83. The van der Waals surface area contributed by atoms with E-state index in [1.807, 2.05) is 12.1 Å². The minimum absolute atomic E-state index is 0.337. The van der Waals surface area contributed by atoms with E-state index in [0.29, 0.717) is 17.7 Å². The third kappa shape index (κ3) is 2.89. The van der Waals surface area contributed by atoms with Crippen molar-refractivity contribution >= 4 is 5.97 Å². The van der Waals surface area contributed by atoms with Gasteiger partial charge in [0.05, 0.1) is 11.7 Å². The number of benzene rings is 1. The first-order valence-corrected chi connectivity index (χ1v) is 6.15. The Bertz CT molecular complexity index is 410. The van der Waals surface area contributed by atoms with Crippen LogP contribution in [0.3, 0.4) is 0 Å². The Morgan fingerprint density at radius 1 is 1.39 bits per heavy atom. The molecule has 0 amide bonds. The Balaban J connectivity index is 1.87. The lowest BCUT2D eigenvalue weighted by molar-refractivity contribution is -0.0216. The number of carbonyl (C=O) groups is 1. The highest BCUT2D eigenvalue weighted by molar-refractivity contribution is 5.87. The van der Waals surface area contributed by atoms with Gasteiger partial charge in [0.1, 0.15) is 0 Å². The maximum atomic E-state index is 10.7. The molecule has 1 aliphatic carbocycles. The van der Waals surface area contributed by atoms with Crippen LogP contribution in [0.25, 0.3) is 0 Å². The van der Waals surface area contributed by atoms with Gasteiger partial charge in [0.2, 0.25) is 0 Å². The number of nitrogens with zero attached hydrogens (tertiary/aromatic N) is 1. The van der Waals surface area contributed by atoms with Crippen molar-refractivity contribution in [1.29, 1.82) is 0 Å². The quantitative estimate of drug-likeness (QED) is 0.867. The molecule has 1 aromatic rings. The molecule has 0 heterocycles. The summed E-state index contributed by atoms with van der Waals surface area (Å²) in [5.41, 5.74) is 1.48. The first kappa shape index (κ1) is 13.1. The summed E-state index contributed by atoms with van der Waals surface area (Å²) < 4.78 is 5.27. The van der Waals surface area contributed by atoms with E-state index in [0.717, 1.165) is 24.9 Å². The standard InChI is InChI=1S/C14H19NO3/c1-15(12-7-13(8-12)18-2)9-10-3-5-11(6-4-10)14(16)17/h3-6,12-13H,7-9H2,1-2H3,(H,16,17). The predicted octanol–water partition coefficient (Wildman–Crippen LogP) is 1.99. The largest absolute Gasteiger partial charge is 0.478 e. The minimum Gasteiger partial charge on any atom is -0.478 e. The van der Waals surface area contributed by atoms with E-state index >= 15 is 0 Å². The third-order valence-corrected chi connectivity index (χ3v) is 3.66. The molecule has 18 heavy (non-hydrogen) atoms. The number of carboxylic acid groups (broad SMARTS) is 1. The summed E-state index contributed by atoms with van der Waals surface area (Å²) in [6.45, 7) is 0.848. The van der Waals surface area contributed by atoms with Crippen molar-refractivity contribution in [2.45, 2.75) is 31.5 Å². The minimum atomic E-state index is -0.878. The van der Waals surface area contributed by atoms with Crippen LogP contribution in [0.1, 0.15) is 28.8 Å². The van der Waals surface area contributed by atoms with Gasteiger partial charge < -0.3 is 9.84 Å². The molecule has 1 aliphatic rings. The molecule has 0 atom stereocenters. The number of methoxy groups -OCH3 is 1. The van der Waals surface area contributed by atoms with Crippen molar-refractivity contribution in [2.24, 2.45) is 0 Å². The van der Waals surface area contributed by atoms with Gasteiger partial charge in [-0.25, -0.2) is 4.79 Å². The Morgan fingerprint density at radius 3 is 2.50 bits per heavy atom. The second kappa shape index (κ2) is 5.50. The average Bonchev–Trinajstić information content (AvgIpc) is 2.28. The van der Waals surface area contributed by atoms with E-state index in [2.05, 4.69) is 11.9 Å². The molecule has 0 aromatic heterocycles. The fourth-order valence-corrected chi connectivity index (χ4v) is 2.26. The number of hydrogen-bond donors (Lipinski definition) is 1. The highest BCUT2D eigenvalue weighted by atomic mass is 16.5. The van der Waals surface area contributed by atoms with Crippen molar-refractivity contribution < 1.29 is 14.6 Å². The molecule has 1 saturated carbocycles. The lowest BCUT2D eigenvalue weighted by Crippen LogP contribution is -2.45. The van der Waals surface area contributed by atoms with E-state index in [1.165, 1.54) is 0 Å². The van der Waals surface area contributed by atoms with Crippen LogP contribution < -0.4 is 0 Å². The normalized spacial score (nSPS) is 22.8. The SMILES string of the molecule is COC1CC(N(C)Cc2ccc(C(=O)O)cc2)C1. The summed E-state index contributed by atoms with van der Waals surface area (Å²) in [7, 11) is 3.85. The van der Waals surface area contributed by atoms with Crippen molar-refractivity contribution in [2.75, 3.05) is 14.2 Å². The molecule has 1 aromatic carbocycles. The summed E-state index contributed by atoms with van der Waals surface area (Å²) in [5.74, 6) is -0.878. The van der Waals surface area contributed by atoms with Gasteiger partial charge in [0, 0.05) is 19.7 Å². The van der Waals surface area contributed by atoms with Crippen LogP contribution in [0.4, 0.5) is 0 Å². The summed E-state index contributed by atoms with van der Waals surface area (Å²) in [6.07, 6.45) is 2.58. The van der Waals surface area contributed by atoms with Gasteiger partial charge in [0.15, 0.2) is 0 Å². The van der Waals surface area contributed by atoms with Gasteiger partial charge in [-0.1, -0.05) is 12.1 Å². The number of carboxylic acids is 1. The molecular weight excluding hydrogens is 230 g/mol. The van der Waals surface area contributed by atoms with Gasteiger partial charge >= 0.3 is 5.97 Å². The fourth-order valence-electron chi connectivity index (χ4n) is 2.26.